The Bertz CT molecular complexity index is 542. The van der Waals surface area contributed by atoms with Gasteiger partial charge in [-0.3, -0.25) is 4.90 Å². The standard InChI is InChI=1S/C19H24N2/c1-2-19(21-14-12-20-13-15-21)18-10-8-17(9-11-18)16-6-4-3-5-7-16/h3-11,19-20H,2,12-15H2,1H3/t19-/m1/s1. The van der Waals surface area contributed by atoms with Gasteiger partial charge in [0.05, 0.1) is 0 Å². The molecule has 2 aromatic rings. The van der Waals surface area contributed by atoms with Crippen LogP contribution in [0.15, 0.2) is 54.6 Å². The average molecular weight is 280 g/mol. The number of hydrogen-bond donors (Lipinski definition) is 1. The van der Waals surface area contributed by atoms with E-state index in [0.29, 0.717) is 6.04 Å². The molecule has 1 aliphatic heterocycles. The predicted molar refractivity (Wildman–Crippen MR) is 89.4 cm³/mol. The highest BCUT2D eigenvalue weighted by Gasteiger charge is 2.20. The Labute approximate surface area is 127 Å². The highest BCUT2D eigenvalue weighted by atomic mass is 15.2. The molecular weight excluding hydrogens is 256 g/mol. The molecule has 3 rings (SSSR count). The van der Waals surface area contributed by atoms with E-state index in [1.165, 1.54) is 23.1 Å². The van der Waals surface area contributed by atoms with Crippen molar-refractivity contribution in [3.05, 3.63) is 60.2 Å². The third-order valence-electron chi connectivity index (χ3n) is 4.38. The molecule has 1 fully saturated rings. The third-order valence-corrected chi connectivity index (χ3v) is 4.38. The zero-order valence-corrected chi connectivity index (χ0v) is 12.8. The van der Waals surface area contributed by atoms with Gasteiger partial charge in [-0.2, -0.15) is 0 Å². The van der Waals surface area contributed by atoms with E-state index in [4.69, 9.17) is 0 Å². The molecule has 2 aromatic carbocycles. The van der Waals surface area contributed by atoms with Gasteiger partial charge in [0.25, 0.3) is 0 Å². The van der Waals surface area contributed by atoms with Crippen LogP contribution in [0.4, 0.5) is 0 Å². The molecule has 0 bridgehead atoms. The molecule has 1 heterocycles. The lowest BCUT2D eigenvalue weighted by molar-refractivity contribution is 0.169. The Hall–Kier alpha value is -1.64. The highest BCUT2D eigenvalue weighted by molar-refractivity contribution is 5.63. The molecule has 0 aliphatic carbocycles. The smallest absolute Gasteiger partial charge is 0.0346 e. The summed E-state index contributed by atoms with van der Waals surface area (Å²) in [5.41, 5.74) is 4.04. The van der Waals surface area contributed by atoms with Gasteiger partial charge in [-0.1, -0.05) is 61.5 Å². The van der Waals surface area contributed by atoms with Gasteiger partial charge in [-0.15, -0.1) is 0 Å². The second-order valence-electron chi connectivity index (χ2n) is 5.70. The number of rotatable bonds is 4. The van der Waals surface area contributed by atoms with E-state index >= 15 is 0 Å². The van der Waals surface area contributed by atoms with E-state index < -0.39 is 0 Å². The highest BCUT2D eigenvalue weighted by Crippen LogP contribution is 2.27. The Morgan fingerprint density at radius 1 is 0.905 bits per heavy atom. The Morgan fingerprint density at radius 3 is 2.14 bits per heavy atom. The van der Waals surface area contributed by atoms with Gasteiger partial charge < -0.3 is 5.32 Å². The number of benzene rings is 2. The third kappa shape index (κ3) is 3.34. The minimum Gasteiger partial charge on any atom is -0.314 e. The largest absolute Gasteiger partial charge is 0.314 e. The zero-order valence-electron chi connectivity index (χ0n) is 12.8. The van der Waals surface area contributed by atoms with Gasteiger partial charge in [-0.05, 0) is 23.1 Å². The summed E-state index contributed by atoms with van der Waals surface area (Å²) in [5, 5.41) is 3.43. The number of nitrogens with zero attached hydrogens (tertiary/aromatic N) is 1. The SMILES string of the molecule is CC[C@H](c1ccc(-c2ccccc2)cc1)N1CCNCC1. The molecule has 0 saturated carbocycles. The fourth-order valence-electron chi connectivity index (χ4n) is 3.23. The van der Waals surface area contributed by atoms with E-state index in [-0.39, 0.29) is 0 Å². The molecule has 2 nitrogen and oxygen atoms in total. The van der Waals surface area contributed by atoms with Crippen molar-refractivity contribution in [3.63, 3.8) is 0 Å². The van der Waals surface area contributed by atoms with Crippen molar-refractivity contribution in [1.29, 1.82) is 0 Å². The first-order valence-corrected chi connectivity index (χ1v) is 7.98. The van der Waals surface area contributed by atoms with E-state index in [1.807, 2.05) is 0 Å². The van der Waals surface area contributed by atoms with Crippen molar-refractivity contribution in [2.24, 2.45) is 0 Å². The Balaban J connectivity index is 1.79. The van der Waals surface area contributed by atoms with Gasteiger partial charge in [0.2, 0.25) is 0 Å². The molecule has 1 N–H and O–H groups in total. The van der Waals surface area contributed by atoms with Crippen LogP contribution in [0.5, 0.6) is 0 Å². The lowest BCUT2D eigenvalue weighted by atomic mass is 9.98. The minimum absolute atomic E-state index is 0.553. The van der Waals surface area contributed by atoms with Gasteiger partial charge >= 0.3 is 0 Å². The lowest BCUT2D eigenvalue weighted by Crippen LogP contribution is -2.45. The summed E-state index contributed by atoms with van der Waals surface area (Å²) >= 11 is 0. The summed E-state index contributed by atoms with van der Waals surface area (Å²) < 4.78 is 0. The molecule has 2 heteroatoms. The van der Waals surface area contributed by atoms with Crippen molar-refractivity contribution >= 4 is 0 Å². The second kappa shape index (κ2) is 6.88. The molecule has 110 valence electrons. The summed E-state index contributed by atoms with van der Waals surface area (Å²) in [6.07, 6.45) is 1.17. The van der Waals surface area contributed by atoms with Gasteiger partial charge in [0, 0.05) is 32.2 Å². The quantitative estimate of drug-likeness (QED) is 0.918. The lowest BCUT2D eigenvalue weighted by Gasteiger charge is -2.34. The van der Waals surface area contributed by atoms with Crippen molar-refractivity contribution < 1.29 is 0 Å². The van der Waals surface area contributed by atoms with Crippen LogP contribution in [0.2, 0.25) is 0 Å². The summed E-state index contributed by atoms with van der Waals surface area (Å²) in [5.74, 6) is 0. The van der Waals surface area contributed by atoms with Crippen LogP contribution in [0.1, 0.15) is 24.9 Å². The molecule has 1 aliphatic rings. The van der Waals surface area contributed by atoms with Crippen LogP contribution in [-0.2, 0) is 0 Å². The molecule has 0 aromatic heterocycles. The zero-order chi connectivity index (χ0) is 14.5. The molecule has 0 spiro atoms. The van der Waals surface area contributed by atoms with Crippen molar-refractivity contribution in [1.82, 2.24) is 10.2 Å². The summed E-state index contributed by atoms with van der Waals surface area (Å²) in [7, 11) is 0. The van der Waals surface area contributed by atoms with E-state index in [1.54, 1.807) is 0 Å². The van der Waals surface area contributed by atoms with Gasteiger partial charge in [-0.25, -0.2) is 0 Å². The van der Waals surface area contributed by atoms with Crippen molar-refractivity contribution in [2.45, 2.75) is 19.4 Å². The fourth-order valence-corrected chi connectivity index (χ4v) is 3.23. The number of piperazine rings is 1. The number of nitrogens with one attached hydrogen (secondary N) is 1. The first kappa shape index (κ1) is 14.3. The molecule has 21 heavy (non-hydrogen) atoms. The van der Waals surface area contributed by atoms with Crippen molar-refractivity contribution in [2.75, 3.05) is 26.2 Å². The average Bonchev–Trinajstić information content (AvgIpc) is 2.58. The maximum atomic E-state index is 3.43. The van der Waals surface area contributed by atoms with Gasteiger partial charge in [0.15, 0.2) is 0 Å². The molecular formula is C19H24N2. The maximum Gasteiger partial charge on any atom is 0.0346 e. The minimum atomic E-state index is 0.553. The van der Waals surface area contributed by atoms with Crippen LogP contribution < -0.4 is 5.32 Å². The molecule has 1 saturated heterocycles. The monoisotopic (exact) mass is 280 g/mol. The van der Waals surface area contributed by atoms with Gasteiger partial charge in [0.1, 0.15) is 0 Å². The Morgan fingerprint density at radius 2 is 1.52 bits per heavy atom. The Kier molecular flexibility index (Phi) is 4.69. The summed E-state index contributed by atoms with van der Waals surface area (Å²) in [6.45, 7) is 6.81. The fraction of sp³-hybridized carbons (Fsp3) is 0.368. The molecule has 0 amide bonds. The molecule has 0 radical (unpaired) electrons. The van der Waals surface area contributed by atoms with Crippen LogP contribution in [0, 0.1) is 0 Å². The topological polar surface area (TPSA) is 15.3 Å². The molecule has 0 unspecified atom stereocenters. The van der Waals surface area contributed by atoms with Crippen molar-refractivity contribution in [3.8, 4) is 11.1 Å². The second-order valence-corrected chi connectivity index (χ2v) is 5.70. The first-order chi connectivity index (χ1) is 10.4. The predicted octanol–water partition coefficient (Wildman–Crippen LogP) is 3.71. The normalized spacial score (nSPS) is 17.6. The van der Waals surface area contributed by atoms with Crippen LogP contribution >= 0.6 is 0 Å². The number of hydrogen-bond acceptors (Lipinski definition) is 2. The van der Waals surface area contributed by atoms with E-state index in [2.05, 4.69) is 71.7 Å². The van der Waals surface area contributed by atoms with E-state index in [0.717, 1.165) is 26.2 Å². The first-order valence-electron chi connectivity index (χ1n) is 7.98. The summed E-state index contributed by atoms with van der Waals surface area (Å²) in [6, 6.07) is 20.3. The maximum absolute atomic E-state index is 3.43. The summed E-state index contributed by atoms with van der Waals surface area (Å²) in [4.78, 5) is 2.61. The van der Waals surface area contributed by atoms with Crippen LogP contribution in [-0.4, -0.2) is 31.1 Å². The molecule has 1 atom stereocenters. The van der Waals surface area contributed by atoms with Crippen LogP contribution in [0.3, 0.4) is 0 Å². The van der Waals surface area contributed by atoms with E-state index in [9.17, 15) is 0 Å². The van der Waals surface area contributed by atoms with Crippen LogP contribution in [0.25, 0.3) is 11.1 Å².